The van der Waals surface area contributed by atoms with E-state index in [1.807, 2.05) is 0 Å². The molecule has 0 saturated carbocycles. The van der Waals surface area contributed by atoms with E-state index in [1.54, 1.807) is 0 Å². The molecule has 1 rings (SSSR count). The molecule has 1 aromatic carbocycles. The first-order chi connectivity index (χ1) is 5.52. The van der Waals surface area contributed by atoms with Gasteiger partial charge in [-0.25, -0.2) is 0 Å². The van der Waals surface area contributed by atoms with Crippen LogP contribution in [0.4, 0.5) is 0 Å². The number of phenols is 1. The van der Waals surface area contributed by atoms with E-state index in [1.165, 1.54) is 12.1 Å². The standard InChI is InChI=1S/C7H4Br2O3.Na/c8-4-1-3(7(11)12)2-5(9)6(4)10;/h1-2,10H,(H,11,12);/q;+1/p-1. The van der Waals surface area contributed by atoms with E-state index in [4.69, 9.17) is 0 Å². The zero-order valence-corrected chi connectivity index (χ0v) is 11.8. The van der Waals surface area contributed by atoms with Crippen LogP contribution in [0.5, 0.6) is 5.75 Å². The van der Waals surface area contributed by atoms with Crippen LogP contribution in [-0.4, -0.2) is 11.1 Å². The fraction of sp³-hybridized carbons (Fsp3) is 0. The molecule has 0 saturated heterocycles. The molecule has 0 atom stereocenters. The van der Waals surface area contributed by atoms with Gasteiger partial charge in [0.2, 0.25) is 0 Å². The molecule has 0 aromatic heterocycles. The van der Waals surface area contributed by atoms with Crippen LogP contribution in [0.2, 0.25) is 0 Å². The summed E-state index contributed by atoms with van der Waals surface area (Å²) in [4.78, 5) is 10.4. The summed E-state index contributed by atoms with van der Waals surface area (Å²) in [5.41, 5.74) is 0.00606. The Morgan fingerprint density at radius 2 is 1.69 bits per heavy atom. The topological polar surface area (TPSA) is 60.4 Å². The van der Waals surface area contributed by atoms with Crippen molar-refractivity contribution in [3.05, 3.63) is 26.6 Å². The van der Waals surface area contributed by atoms with Crippen LogP contribution in [-0.2, 0) is 0 Å². The maximum Gasteiger partial charge on any atom is 1.00 e. The van der Waals surface area contributed by atoms with E-state index in [-0.39, 0.29) is 40.9 Å². The number of phenolic OH excluding ortho intramolecular Hbond substituents is 1. The van der Waals surface area contributed by atoms with Crippen molar-refractivity contribution in [1.82, 2.24) is 0 Å². The van der Waals surface area contributed by atoms with Gasteiger partial charge in [0.1, 0.15) is 5.75 Å². The van der Waals surface area contributed by atoms with Gasteiger partial charge in [0.15, 0.2) is 0 Å². The Kier molecular flexibility index (Phi) is 5.55. The summed E-state index contributed by atoms with van der Waals surface area (Å²) in [5, 5.41) is 19.6. The Morgan fingerprint density at radius 1 is 1.31 bits per heavy atom. The molecular weight excluding hydrogens is 315 g/mol. The zero-order chi connectivity index (χ0) is 9.30. The van der Waals surface area contributed by atoms with Gasteiger partial charge in [-0.05, 0) is 49.6 Å². The molecule has 0 spiro atoms. The van der Waals surface area contributed by atoms with Crippen molar-refractivity contribution < 1.29 is 44.6 Å². The quantitative estimate of drug-likeness (QED) is 0.627. The predicted molar refractivity (Wildman–Crippen MR) is 47.8 cm³/mol. The number of carboxylic acids is 1. The van der Waals surface area contributed by atoms with Crippen molar-refractivity contribution in [2.24, 2.45) is 0 Å². The molecule has 13 heavy (non-hydrogen) atoms. The maximum absolute atomic E-state index is 10.4. The van der Waals surface area contributed by atoms with Gasteiger partial charge in [-0.2, -0.15) is 0 Å². The van der Waals surface area contributed by atoms with E-state index in [9.17, 15) is 15.0 Å². The molecule has 1 aromatic rings. The van der Waals surface area contributed by atoms with Crippen molar-refractivity contribution in [3.63, 3.8) is 0 Å². The summed E-state index contributed by atoms with van der Waals surface area (Å²) in [6, 6.07) is 2.55. The second-order valence-corrected chi connectivity index (χ2v) is 3.78. The van der Waals surface area contributed by atoms with E-state index in [0.717, 1.165) is 0 Å². The van der Waals surface area contributed by atoms with E-state index in [2.05, 4.69) is 31.9 Å². The third kappa shape index (κ3) is 3.25. The summed E-state index contributed by atoms with van der Waals surface area (Å²) >= 11 is 5.99. The van der Waals surface area contributed by atoms with Gasteiger partial charge in [-0.1, -0.05) is 0 Å². The Morgan fingerprint density at radius 3 is 2.00 bits per heavy atom. The summed E-state index contributed by atoms with van der Waals surface area (Å²) < 4.78 is 0.632. The van der Waals surface area contributed by atoms with Crippen molar-refractivity contribution in [2.75, 3.05) is 0 Å². The van der Waals surface area contributed by atoms with Crippen LogP contribution in [0.15, 0.2) is 21.1 Å². The minimum Gasteiger partial charge on any atom is -0.545 e. The Balaban J connectivity index is 0.00000144. The molecule has 64 valence electrons. The molecule has 0 bridgehead atoms. The van der Waals surface area contributed by atoms with Gasteiger partial charge in [-0.15, -0.1) is 0 Å². The number of aromatic carboxylic acids is 1. The number of halogens is 2. The number of carbonyl (C=O) groups is 1. The predicted octanol–water partition coefficient (Wildman–Crippen LogP) is -1.72. The van der Waals surface area contributed by atoms with Crippen LogP contribution >= 0.6 is 31.9 Å². The van der Waals surface area contributed by atoms with Crippen LogP contribution in [0.25, 0.3) is 0 Å². The SMILES string of the molecule is O=C([O-])c1cc(Br)c(O)c(Br)c1.[Na+]. The number of hydrogen-bond donors (Lipinski definition) is 1. The number of hydrogen-bond acceptors (Lipinski definition) is 3. The average Bonchev–Trinajstić information content (AvgIpc) is 1.99. The third-order valence-electron chi connectivity index (χ3n) is 1.25. The van der Waals surface area contributed by atoms with Crippen molar-refractivity contribution >= 4 is 37.8 Å². The summed E-state index contributed by atoms with van der Waals surface area (Å²) in [7, 11) is 0. The number of rotatable bonds is 1. The summed E-state index contributed by atoms with van der Waals surface area (Å²) in [6.07, 6.45) is 0. The molecule has 0 radical (unpaired) electrons. The maximum atomic E-state index is 10.4. The van der Waals surface area contributed by atoms with Gasteiger partial charge >= 0.3 is 29.6 Å². The minimum atomic E-state index is -1.28. The number of aromatic hydroxyl groups is 1. The molecule has 6 heteroatoms. The normalized spacial score (nSPS) is 9.08. The number of benzene rings is 1. The van der Waals surface area contributed by atoms with Gasteiger partial charge in [0.05, 0.1) is 14.9 Å². The Labute approximate surface area is 114 Å². The van der Waals surface area contributed by atoms with Crippen LogP contribution in [0.1, 0.15) is 10.4 Å². The monoisotopic (exact) mass is 316 g/mol. The van der Waals surface area contributed by atoms with Crippen molar-refractivity contribution in [2.45, 2.75) is 0 Å². The summed E-state index contributed by atoms with van der Waals surface area (Å²) in [5.74, 6) is -1.31. The van der Waals surface area contributed by atoms with Gasteiger partial charge in [-0.3, -0.25) is 0 Å². The van der Waals surface area contributed by atoms with Gasteiger partial charge in [0.25, 0.3) is 0 Å². The fourth-order valence-electron chi connectivity index (χ4n) is 0.683. The van der Waals surface area contributed by atoms with Crippen LogP contribution < -0.4 is 34.7 Å². The van der Waals surface area contributed by atoms with Crippen LogP contribution in [0, 0.1) is 0 Å². The summed E-state index contributed by atoms with van der Waals surface area (Å²) in [6.45, 7) is 0. The molecule has 0 aliphatic rings. The molecule has 0 unspecified atom stereocenters. The first-order valence-corrected chi connectivity index (χ1v) is 4.50. The second kappa shape index (κ2) is 5.36. The van der Waals surface area contributed by atoms with E-state index >= 15 is 0 Å². The zero-order valence-electron chi connectivity index (χ0n) is 6.67. The molecule has 0 amide bonds. The average molecular weight is 318 g/mol. The molecule has 0 aliphatic carbocycles. The smallest absolute Gasteiger partial charge is 0.545 e. The third-order valence-corrected chi connectivity index (χ3v) is 2.46. The molecule has 0 heterocycles. The largest absolute Gasteiger partial charge is 1.00 e. The van der Waals surface area contributed by atoms with E-state index in [0.29, 0.717) is 8.95 Å². The fourth-order valence-corrected chi connectivity index (χ4v) is 1.87. The first kappa shape index (κ1) is 13.4. The Hall–Kier alpha value is 0.450. The number of carbonyl (C=O) groups excluding carboxylic acids is 1. The first-order valence-electron chi connectivity index (χ1n) is 2.91. The van der Waals surface area contributed by atoms with Crippen molar-refractivity contribution in [3.8, 4) is 5.75 Å². The van der Waals surface area contributed by atoms with Gasteiger partial charge < -0.3 is 15.0 Å². The molecular formula is C7H3Br2NaO3. The number of carboxylic acid groups (broad SMARTS) is 1. The van der Waals surface area contributed by atoms with E-state index < -0.39 is 5.97 Å². The molecule has 0 fully saturated rings. The van der Waals surface area contributed by atoms with Crippen molar-refractivity contribution in [1.29, 1.82) is 0 Å². The Bertz CT molecular complexity index is 318. The molecule has 1 N–H and O–H groups in total. The van der Waals surface area contributed by atoms with Crippen LogP contribution in [0.3, 0.4) is 0 Å². The molecule has 3 nitrogen and oxygen atoms in total. The molecule has 0 aliphatic heterocycles. The minimum absolute atomic E-state index is 0. The van der Waals surface area contributed by atoms with Gasteiger partial charge in [0, 0.05) is 0 Å². The second-order valence-electron chi connectivity index (χ2n) is 2.08.